The van der Waals surface area contributed by atoms with Crippen LogP contribution in [0.4, 0.5) is 5.82 Å². The minimum atomic E-state index is 0.241. The van der Waals surface area contributed by atoms with Crippen LogP contribution in [0.15, 0.2) is 47.6 Å². The lowest BCUT2D eigenvalue weighted by Gasteiger charge is -2.14. The molecule has 0 aliphatic rings. The molecule has 0 unspecified atom stereocenters. The largest absolute Gasteiger partial charge is 0.493 e. The normalized spacial score (nSPS) is 10.5. The van der Waals surface area contributed by atoms with Crippen molar-refractivity contribution in [1.29, 1.82) is 10.5 Å². The SMILES string of the molecule is COCc1cc(C)nc(N/N=C/c2cc(I)c(OCc3ccccc3C#N)c(OC)c2)c1C#N. The number of methoxy groups -OCH3 is 2. The van der Waals surface area contributed by atoms with Gasteiger partial charge >= 0.3 is 0 Å². The third-order valence-corrected chi connectivity index (χ3v) is 5.59. The molecule has 0 saturated carbocycles. The van der Waals surface area contributed by atoms with Gasteiger partial charge in [0.1, 0.15) is 18.2 Å². The maximum absolute atomic E-state index is 9.55. The van der Waals surface area contributed by atoms with Gasteiger partial charge in [-0.1, -0.05) is 18.2 Å². The smallest absolute Gasteiger partial charge is 0.174 e. The molecule has 0 spiro atoms. The van der Waals surface area contributed by atoms with E-state index in [1.165, 1.54) is 0 Å². The number of hydrogen-bond acceptors (Lipinski definition) is 8. The summed E-state index contributed by atoms with van der Waals surface area (Å²) in [5.74, 6) is 1.48. The number of aryl methyl sites for hydroxylation is 1. The Labute approximate surface area is 211 Å². The Bertz CT molecular complexity index is 1290. The quantitative estimate of drug-likeness (QED) is 0.222. The van der Waals surface area contributed by atoms with Crippen molar-refractivity contribution in [3.8, 4) is 23.6 Å². The van der Waals surface area contributed by atoms with Crippen molar-refractivity contribution >= 4 is 34.6 Å². The van der Waals surface area contributed by atoms with Gasteiger partial charge in [0.05, 0.1) is 35.1 Å². The molecule has 8 nitrogen and oxygen atoms in total. The summed E-state index contributed by atoms with van der Waals surface area (Å²) in [6, 6.07) is 17.1. The fraction of sp³-hybridized carbons (Fsp3) is 0.200. The number of nitriles is 2. The van der Waals surface area contributed by atoms with E-state index in [2.05, 4.69) is 50.2 Å². The van der Waals surface area contributed by atoms with Crippen molar-refractivity contribution < 1.29 is 14.2 Å². The molecule has 2 aromatic carbocycles. The molecule has 0 amide bonds. The fourth-order valence-electron chi connectivity index (χ4n) is 3.24. The second kappa shape index (κ2) is 12.0. The average Bonchev–Trinajstić information content (AvgIpc) is 2.83. The predicted molar refractivity (Wildman–Crippen MR) is 137 cm³/mol. The molecule has 3 rings (SSSR count). The zero-order valence-corrected chi connectivity index (χ0v) is 21.1. The number of halogens is 1. The predicted octanol–water partition coefficient (Wildman–Crippen LogP) is 4.92. The van der Waals surface area contributed by atoms with E-state index in [4.69, 9.17) is 14.2 Å². The van der Waals surface area contributed by atoms with E-state index in [1.807, 2.05) is 37.3 Å². The van der Waals surface area contributed by atoms with Gasteiger partial charge in [0.25, 0.3) is 0 Å². The van der Waals surface area contributed by atoms with Gasteiger partial charge in [0.15, 0.2) is 17.3 Å². The Morgan fingerprint density at radius 2 is 1.88 bits per heavy atom. The Morgan fingerprint density at radius 1 is 1.09 bits per heavy atom. The van der Waals surface area contributed by atoms with Crippen molar-refractivity contribution in [2.24, 2.45) is 5.10 Å². The summed E-state index contributed by atoms with van der Waals surface area (Å²) >= 11 is 2.17. The summed E-state index contributed by atoms with van der Waals surface area (Å²) in [6.45, 7) is 2.39. The number of nitrogens with zero attached hydrogens (tertiary/aromatic N) is 4. The zero-order valence-electron chi connectivity index (χ0n) is 18.9. The van der Waals surface area contributed by atoms with E-state index in [9.17, 15) is 10.5 Å². The van der Waals surface area contributed by atoms with Crippen LogP contribution in [0.5, 0.6) is 11.5 Å². The highest BCUT2D eigenvalue weighted by Gasteiger charge is 2.13. The van der Waals surface area contributed by atoms with Gasteiger partial charge in [-0.2, -0.15) is 15.6 Å². The van der Waals surface area contributed by atoms with E-state index in [1.54, 1.807) is 32.6 Å². The molecule has 172 valence electrons. The molecule has 9 heteroatoms. The van der Waals surface area contributed by atoms with Crippen molar-refractivity contribution in [3.63, 3.8) is 0 Å². The lowest BCUT2D eigenvalue weighted by atomic mass is 10.1. The maximum atomic E-state index is 9.55. The summed E-state index contributed by atoms with van der Waals surface area (Å²) in [5.41, 5.74) is 6.87. The number of ether oxygens (including phenoxy) is 3. The van der Waals surface area contributed by atoms with Crippen LogP contribution in [-0.2, 0) is 18.0 Å². The Balaban J connectivity index is 1.80. The number of hydrogen-bond donors (Lipinski definition) is 1. The van der Waals surface area contributed by atoms with Gasteiger partial charge in [-0.3, -0.25) is 5.43 Å². The average molecular weight is 567 g/mol. The van der Waals surface area contributed by atoms with Crippen LogP contribution < -0.4 is 14.9 Å². The molecule has 0 atom stereocenters. The standard InChI is InChI=1S/C25H22IN5O3/c1-16-8-20(14-32-2)21(12-28)25(30-16)31-29-13-17-9-22(26)24(23(10-17)33-3)34-15-19-7-5-4-6-18(19)11-27/h4-10,13H,14-15H2,1-3H3,(H,30,31)/b29-13+. The van der Waals surface area contributed by atoms with Gasteiger partial charge < -0.3 is 14.2 Å². The Hall–Kier alpha value is -3.67. The number of benzene rings is 2. The van der Waals surface area contributed by atoms with Crippen LogP contribution in [0.25, 0.3) is 0 Å². The summed E-state index contributed by atoms with van der Waals surface area (Å²) in [5, 5.41) is 23.1. The van der Waals surface area contributed by atoms with Crippen molar-refractivity contribution in [2.75, 3.05) is 19.6 Å². The number of pyridine rings is 1. The van der Waals surface area contributed by atoms with E-state index in [0.717, 1.165) is 26.0 Å². The molecule has 0 aliphatic carbocycles. The van der Waals surface area contributed by atoms with Crippen LogP contribution in [0.2, 0.25) is 0 Å². The van der Waals surface area contributed by atoms with Crippen molar-refractivity contribution in [2.45, 2.75) is 20.1 Å². The molecule has 1 aromatic heterocycles. The molecule has 0 fully saturated rings. The molecular weight excluding hydrogens is 545 g/mol. The van der Waals surface area contributed by atoms with E-state index in [0.29, 0.717) is 35.1 Å². The second-order valence-electron chi connectivity index (χ2n) is 7.15. The molecule has 34 heavy (non-hydrogen) atoms. The summed E-state index contributed by atoms with van der Waals surface area (Å²) in [7, 11) is 3.14. The second-order valence-corrected chi connectivity index (χ2v) is 8.32. The highest BCUT2D eigenvalue weighted by Crippen LogP contribution is 2.34. The van der Waals surface area contributed by atoms with Gasteiger partial charge in [-0.15, -0.1) is 0 Å². The van der Waals surface area contributed by atoms with E-state index in [-0.39, 0.29) is 6.61 Å². The number of anilines is 1. The van der Waals surface area contributed by atoms with Gasteiger partial charge in [-0.05, 0) is 59.3 Å². The minimum Gasteiger partial charge on any atom is -0.493 e. The number of aromatic nitrogens is 1. The van der Waals surface area contributed by atoms with Crippen LogP contribution in [0.1, 0.15) is 33.5 Å². The number of nitrogens with one attached hydrogen (secondary N) is 1. The lowest BCUT2D eigenvalue weighted by molar-refractivity contribution is 0.184. The van der Waals surface area contributed by atoms with Crippen LogP contribution in [0.3, 0.4) is 0 Å². The topological polar surface area (TPSA) is 113 Å². The van der Waals surface area contributed by atoms with Crippen molar-refractivity contribution in [1.82, 2.24) is 4.98 Å². The molecule has 3 aromatic rings. The van der Waals surface area contributed by atoms with Gasteiger partial charge in [-0.25, -0.2) is 4.98 Å². The van der Waals surface area contributed by atoms with E-state index < -0.39 is 0 Å². The van der Waals surface area contributed by atoms with Crippen LogP contribution in [0, 0.1) is 33.2 Å². The summed E-state index contributed by atoms with van der Waals surface area (Å²) in [4.78, 5) is 4.38. The van der Waals surface area contributed by atoms with Crippen LogP contribution in [-0.4, -0.2) is 25.4 Å². The van der Waals surface area contributed by atoms with Crippen LogP contribution >= 0.6 is 22.6 Å². The molecule has 1 N–H and O–H groups in total. The Morgan fingerprint density at radius 3 is 2.59 bits per heavy atom. The zero-order chi connectivity index (χ0) is 24.5. The monoisotopic (exact) mass is 567 g/mol. The fourth-order valence-corrected chi connectivity index (χ4v) is 4.02. The highest BCUT2D eigenvalue weighted by atomic mass is 127. The number of hydrazone groups is 1. The van der Waals surface area contributed by atoms with Gasteiger partial charge in [0.2, 0.25) is 0 Å². The third-order valence-electron chi connectivity index (χ3n) is 4.79. The first kappa shape index (κ1) is 25.0. The number of rotatable bonds is 9. The molecule has 1 heterocycles. The van der Waals surface area contributed by atoms with Crippen molar-refractivity contribution in [3.05, 3.63) is 79.5 Å². The summed E-state index contributed by atoms with van der Waals surface area (Å²) < 4.78 is 17.5. The summed E-state index contributed by atoms with van der Waals surface area (Å²) in [6.07, 6.45) is 1.61. The molecule has 0 radical (unpaired) electrons. The minimum absolute atomic E-state index is 0.241. The molecular formula is C25H22IN5O3. The first-order valence-electron chi connectivity index (χ1n) is 10.2. The molecule has 0 aliphatic heterocycles. The lowest BCUT2D eigenvalue weighted by Crippen LogP contribution is -2.04. The Kier molecular flexibility index (Phi) is 8.79. The van der Waals surface area contributed by atoms with E-state index >= 15 is 0 Å². The molecule has 0 bridgehead atoms. The highest BCUT2D eigenvalue weighted by molar-refractivity contribution is 14.1. The molecule has 0 saturated heterocycles. The van der Waals surface area contributed by atoms with Gasteiger partial charge in [0, 0.05) is 23.9 Å². The maximum Gasteiger partial charge on any atom is 0.174 e. The first-order valence-corrected chi connectivity index (χ1v) is 11.3. The third kappa shape index (κ3) is 6.01. The first-order chi connectivity index (χ1) is 16.5.